The van der Waals surface area contributed by atoms with E-state index in [0.717, 1.165) is 35.8 Å². The molecular weight excluding hydrogens is 330 g/mol. The van der Waals surface area contributed by atoms with Crippen molar-refractivity contribution in [3.05, 3.63) is 43.8 Å². The van der Waals surface area contributed by atoms with E-state index in [1.807, 2.05) is 11.8 Å². The first-order valence-electron chi connectivity index (χ1n) is 7.81. The van der Waals surface area contributed by atoms with Crippen LogP contribution < -0.4 is 5.32 Å². The summed E-state index contributed by atoms with van der Waals surface area (Å²) in [5.41, 5.74) is 2.79. The van der Waals surface area contributed by atoms with E-state index in [-0.39, 0.29) is 5.91 Å². The molecule has 1 N–H and O–H groups in total. The van der Waals surface area contributed by atoms with Crippen LogP contribution in [0.2, 0.25) is 0 Å². The summed E-state index contributed by atoms with van der Waals surface area (Å²) in [7, 11) is 0. The summed E-state index contributed by atoms with van der Waals surface area (Å²) in [6.45, 7) is 0.746. The molecule has 118 valence electrons. The van der Waals surface area contributed by atoms with Crippen molar-refractivity contribution < 1.29 is 4.79 Å². The number of amides is 1. The predicted molar refractivity (Wildman–Crippen MR) is 98.4 cm³/mol. The molecule has 0 saturated carbocycles. The molecule has 0 fully saturated rings. The monoisotopic (exact) mass is 351 g/mol. The molecule has 1 aliphatic carbocycles. The lowest BCUT2D eigenvalue weighted by atomic mass is 10.1. The van der Waals surface area contributed by atoms with Crippen LogP contribution >= 0.6 is 34.4 Å². The molecule has 0 spiro atoms. The van der Waals surface area contributed by atoms with Crippen LogP contribution in [0.25, 0.3) is 0 Å². The minimum absolute atomic E-state index is 0.106. The Balaban J connectivity index is 1.42. The van der Waals surface area contributed by atoms with Crippen molar-refractivity contribution in [2.45, 2.75) is 37.9 Å². The SMILES string of the molecule is O=C(NCCSCc1ccsc1)c1cc2c(s1)CCCCC2. The number of hydrogen-bond donors (Lipinski definition) is 1. The van der Waals surface area contributed by atoms with Crippen molar-refractivity contribution in [3.8, 4) is 0 Å². The maximum Gasteiger partial charge on any atom is 0.261 e. The van der Waals surface area contributed by atoms with E-state index in [9.17, 15) is 4.79 Å². The molecule has 0 bridgehead atoms. The second kappa shape index (κ2) is 8.18. The number of aryl methyl sites for hydroxylation is 2. The molecule has 1 amide bonds. The Morgan fingerprint density at radius 3 is 3.05 bits per heavy atom. The summed E-state index contributed by atoms with van der Waals surface area (Å²) < 4.78 is 0. The minimum atomic E-state index is 0.106. The van der Waals surface area contributed by atoms with E-state index >= 15 is 0 Å². The third-order valence-corrected chi connectivity index (χ3v) is 6.85. The zero-order chi connectivity index (χ0) is 15.2. The second-order valence-corrected chi connectivity index (χ2v) is 8.58. The molecular formula is C17H21NOS3. The van der Waals surface area contributed by atoms with E-state index < -0.39 is 0 Å². The molecule has 2 nitrogen and oxygen atoms in total. The van der Waals surface area contributed by atoms with Gasteiger partial charge in [-0.05, 0) is 59.7 Å². The minimum Gasteiger partial charge on any atom is -0.351 e. The van der Waals surface area contributed by atoms with Gasteiger partial charge in [0.2, 0.25) is 0 Å². The quantitative estimate of drug-likeness (QED) is 0.601. The highest BCUT2D eigenvalue weighted by atomic mass is 32.2. The molecule has 2 heterocycles. The second-order valence-electron chi connectivity index (χ2n) is 5.56. The van der Waals surface area contributed by atoms with Gasteiger partial charge < -0.3 is 5.32 Å². The topological polar surface area (TPSA) is 29.1 Å². The largest absolute Gasteiger partial charge is 0.351 e. The first-order chi connectivity index (χ1) is 10.8. The molecule has 0 unspecified atom stereocenters. The fourth-order valence-corrected chi connectivity index (χ4v) is 5.42. The summed E-state index contributed by atoms with van der Waals surface area (Å²) in [6, 6.07) is 4.29. The maximum absolute atomic E-state index is 12.2. The van der Waals surface area contributed by atoms with Crippen LogP contribution in [0.5, 0.6) is 0 Å². The maximum atomic E-state index is 12.2. The zero-order valence-electron chi connectivity index (χ0n) is 12.6. The van der Waals surface area contributed by atoms with E-state index in [2.05, 4.69) is 28.2 Å². The van der Waals surface area contributed by atoms with Crippen LogP contribution in [0.15, 0.2) is 22.9 Å². The number of carbonyl (C=O) groups excluding carboxylic acids is 1. The zero-order valence-corrected chi connectivity index (χ0v) is 15.0. The average molecular weight is 352 g/mol. The molecule has 22 heavy (non-hydrogen) atoms. The lowest BCUT2D eigenvalue weighted by molar-refractivity contribution is 0.0960. The van der Waals surface area contributed by atoms with Crippen molar-refractivity contribution >= 4 is 40.3 Å². The fraction of sp³-hybridized carbons (Fsp3) is 0.471. The van der Waals surface area contributed by atoms with Crippen molar-refractivity contribution in [1.82, 2.24) is 5.32 Å². The Labute approximate surface area is 144 Å². The Bertz CT molecular complexity index is 580. The fourth-order valence-electron chi connectivity index (χ4n) is 2.67. The number of thiophene rings is 2. The van der Waals surface area contributed by atoms with Crippen LogP contribution in [0, 0.1) is 0 Å². The van der Waals surface area contributed by atoms with Gasteiger partial charge in [-0.2, -0.15) is 23.1 Å². The molecule has 0 radical (unpaired) electrons. The Hall–Kier alpha value is -0.780. The van der Waals surface area contributed by atoms with Gasteiger partial charge in [0.15, 0.2) is 0 Å². The van der Waals surface area contributed by atoms with E-state index in [1.54, 1.807) is 22.7 Å². The van der Waals surface area contributed by atoms with Gasteiger partial charge in [-0.15, -0.1) is 11.3 Å². The number of rotatable bonds is 6. The highest BCUT2D eigenvalue weighted by molar-refractivity contribution is 7.98. The number of carbonyl (C=O) groups is 1. The van der Waals surface area contributed by atoms with Gasteiger partial charge >= 0.3 is 0 Å². The molecule has 2 aromatic heterocycles. The standard InChI is InChI=1S/C17H21NOS3/c19-17(18-7-9-21-12-13-6-8-20-11-13)16-10-14-4-2-1-3-5-15(14)22-16/h6,8,10-11H,1-5,7,9,12H2,(H,18,19). The van der Waals surface area contributed by atoms with E-state index in [0.29, 0.717) is 0 Å². The van der Waals surface area contributed by atoms with Gasteiger partial charge in [0.1, 0.15) is 0 Å². The normalized spacial score (nSPS) is 14.4. The van der Waals surface area contributed by atoms with Crippen molar-refractivity contribution in [3.63, 3.8) is 0 Å². The Morgan fingerprint density at radius 1 is 1.27 bits per heavy atom. The van der Waals surface area contributed by atoms with Crippen molar-refractivity contribution in [2.75, 3.05) is 12.3 Å². The van der Waals surface area contributed by atoms with Gasteiger partial charge in [-0.1, -0.05) is 6.42 Å². The van der Waals surface area contributed by atoms with Crippen LogP contribution in [0.4, 0.5) is 0 Å². The molecule has 1 aliphatic rings. The van der Waals surface area contributed by atoms with Gasteiger partial charge in [-0.3, -0.25) is 4.79 Å². The van der Waals surface area contributed by atoms with E-state index in [1.165, 1.54) is 35.3 Å². The summed E-state index contributed by atoms with van der Waals surface area (Å²) in [5, 5.41) is 7.35. The lowest BCUT2D eigenvalue weighted by Crippen LogP contribution is -2.24. The van der Waals surface area contributed by atoms with Crippen LogP contribution in [-0.4, -0.2) is 18.2 Å². The number of thioether (sulfide) groups is 1. The summed E-state index contributed by atoms with van der Waals surface area (Å²) in [4.78, 5) is 14.6. The number of nitrogens with one attached hydrogen (secondary N) is 1. The highest BCUT2D eigenvalue weighted by Gasteiger charge is 2.16. The Morgan fingerprint density at radius 2 is 2.18 bits per heavy atom. The van der Waals surface area contributed by atoms with Gasteiger partial charge in [0.25, 0.3) is 5.91 Å². The molecule has 0 aliphatic heterocycles. The molecule has 2 aromatic rings. The van der Waals surface area contributed by atoms with E-state index in [4.69, 9.17) is 0 Å². The van der Waals surface area contributed by atoms with Crippen LogP contribution in [0.3, 0.4) is 0 Å². The number of hydrogen-bond acceptors (Lipinski definition) is 4. The summed E-state index contributed by atoms with van der Waals surface area (Å²) in [5.74, 6) is 2.11. The third kappa shape index (κ3) is 4.37. The molecule has 5 heteroatoms. The summed E-state index contributed by atoms with van der Waals surface area (Å²) in [6.07, 6.45) is 6.17. The first-order valence-corrected chi connectivity index (χ1v) is 10.7. The molecule has 3 rings (SSSR count). The lowest BCUT2D eigenvalue weighted by Gasteiger charge is -2.03. The van der Waals surface area contributed by atoms with Gasteiger partial charge in [0.05, 0.1) is 4.88 Å². The Kier molecular flexibility index (Phi) is 5.98. The third-order valence-electron chi connectivity index (χ3n) is 3.85. The van der Waals surface area contributed by atoms with Crippen molar-refractivity contribution in [1.29, 1.82) is 0 Å². The average Bonchev–Trinajstić information content (AvgIpc) is 3.13. The molecule has 0 atom stereocenters. The van der Waals surface area contributed by atoms with Gasteiger partial charge in [-0.25, -0.2) is 0 Å². The van der Waals surface area contributed by atoms with Crippen molar-refractivity contribution in [2.24, 2.45) is 0 Å². The molecule has 0 saturated heterocycles. The molecule has 0 aromatic carbocycles. The predicted octanol–water partition coefficient (Wildman–Crippen LogP) is 4.74. The van der Waals surface area contributed by atoms with Gasteiger partial charge in [0, 0.05) is 22.9 Å². The smallest absolute Gasteiger partial charge is 0.261 e. The number of fused-ring (bicyclic) bond motifs is 1. The van der Waals surface area contributed by atoms with Crippen LogP contribution in [0.1, 0.15) is 44.9 Å². The first kappa shape index (κ1) is 16.1. The summed E-state index contributed by atoms with van der Waals surface area (Å²) >= 11 is 5.31. The highest BCUT2D eigenvalue weighted by Crippen LogP contribution is 2.28. The van der Waals surface area contributed by atoms with Crippen LogP contribution in [-0.2, 0) is 18.6 Å².